The summed E-state index contributed by atoms with van der Waals surface area (Å²) in [6.45, 7) is 0. The zero-order chi connectivity index (χ0) is 8.27. The van der Waals surface area contributed by atoms with E-state index in [0.29, 0.717) is 5.88 Å². The van der Waals surface area contributed by atoms with Crippen LogP contribution in [0.4, 0.5) is 4.79 Å². The topological polar surface area (TPSA) is 53.4 Å². The lowest BCUT2D eigenvalue weighted by Gasteiger charge is -2.00. The van der Waals surface area contributed by atoms with E-state index in [1.54, 1.807) is 11.6 Å². The van der Waals surface area contributed by atoms with Gasteiger partial charge in [0, 0.05) is 7.05 Å². The highest BCUT2D eigenvalue weighted by Crippen LogP contribution is 2.06. The van der Waals surface area contributed by atoms with E-state index in [-0.39, 0.29) is 0 Å². The van der Waals surface area contributed by atoms with Crippen molar-refractivity contribution in [3.63, 3.8) is 0 Å². The monoisotopic (exact) mass is 156 g/mol. The molecule has 0 aliphatic rings. The molecule has 5 heteroatoms. The van der Waals surface area contributed by atoms with Gasteiger partial charge < -0.3 is 14.0 Å². The Balaban J connectivity index is 2.64. The Morgan fingerprint density at radius 1 is 1.73 bits per heavy atom. The second-order valence-electron chi connectivity index (χ2n) is 1.90. The van der Waals surface area contributed by atoms with E-state index >= 15 is 0 Å². The van der Waals surface area contributed by atoms with Gasteiger partial charge in [-0.25, -0.2) is 9.78 Å². The average molecular weight is 156 g/mol. The summed E-state index contributed by atoms with van der Waals surface area (Å²) in [5.41, 5.74) is 0. The standard InChI is InChI=1S/C6H8N2O3/c1-8-4-7-3-5(8)11-6(9)10-2/h3-4H,1-2H3. The average Bonchev–Trinajstić information content (AvgIpc) is 2.37. The van der Waals surface area contributed by atoms with Crippen LogP contribution in [0.2, 0.25) is 0 Å². The number of aryl methyl sites for hydroxylation is 1. The summed E-state index contributed by atoms with van der Waals surface area (Å²) in [5, 5.41) is 0. The Labute approximate surface area is 63.6 Å². The van der Waals surface area contributed by atoms with Gasteiger partial charge in [0.05, 0.1) is 19.6 Å². The highest BCUT2D eigenvalue weighted by atomic mass is 16.7. The molecule has 0 saturated heterocycles. The minimum atomic E-state index is -0.742. The van der Waals surface area contributed by atoms with Crippen LogP contribution in [0, 0.1) is 0 Å². The SMILES string of the molecule is COC(=O)Oc1cncn1C. The Hall–Kier alpha value is -1.52. The van der Waals surface area contributed by atoms with Crippen LogP contribution in [-0.4, -0.2) is 22.8 Å². The third kappa shape index (κ3) is 1.70. The van der Waals surface area contributed by atoms with Crippen LogP contribution >= 0.6 is 0 Å². The predicted octanol–water partition coefficient (Wildman–Crippen LogP) is 0.565. The molecule has 1 aromatic rings. The van der Waals surface area contributed by atoms with E-state index < -0.39 is 6.16 Å². The number of hydrogen-bond acceptors (Lipinski definition) is 4. The molecule has 0 spiro atoms. The van der Waals surface area contributed by atoms with Crippen molar-refractivity contribution in [3.8, 4) is 5.88 Å². The highest BCUT2D eigenvalue weighted by molar-refractivity contribution is 5.62. The Morgan fingerprint density at radius 3 is 2.91 bits per heavy atom. The number of carbonyl (C=O) groups is 1. The molecule has 0 aliphatic carbocycles. The van der Waals surface area contributed by atoms with E-state index in [2.05, 4.69) is 14.5 Å². The van der Waals surface area contributed by atoms with Crippen molar-refractivity contribution in [2.75, 3.05) is 7.11 Å². The molecule has 0 aromatic carbocycles. The van der Waals surface area contributed by atoms with Crippen molar-refractivity contribution < 1.29 is 14.3 Å². The van der Waals surface area contributed by atoms with Crippen LogP contribution in [0.5, 0.6) is 5.88 Å². The zero-order valence-corrected chi connectivity index (χ0v) is 6.27. The summed E-state index contributed by atoms with van der Waals surface area (Å²) >= 11 is 0. The minimum Gasteiger partial charge on any atom is -0.437 e. The first kappa shape index (κ1) is 7.59. The van der Waals surface area contributed by atoms with Gasteiger partial charge in [0.2, 0.25) is 5.88 Å². The second-order valence-corrected chi connectivity index (χ2v) is 1.90. The van der Waals surface area contributed by atoms with Crippen molar-refractivity contribution in [1.82, 2.24) is 9.55 Å². The van der Waals surface area contributed by atoms with Crippen LogP contribution in [0.1, 0.15) is 0 Å². The Morgan fingerprint density at radius 2 is 2.45 bits per heavy atom. The normalized spacial score (nSPS) is 9.27. The van der Waals surface area contributed by atoms with E-state index in [0.717, 1.165) is 0 Å². The number of hydrogen-bond donors (Lipinski definition) is 0. The lowest BCUT2D eigenvalue weighted by atomic mass is 10.8. The maximum Gasteiger partial charge on any atom is 0.514 e. The molecule has 5 nitrogen and oxygen atoms in total. The lowest BCUT2D eigenvalue weighted by Crippen LogP contribution is -2.09. The van der Waals surface area contributed by atoms with Crippen LogP contribution in [0.15, 0.2) is 12.5 Å². The molecular weight excluding hydrogens is 148 g/mol. The van der Waals surface area contributed by atoms with Crippen LogP contribution in [0.3, 0.4) is 0 Å². The van der Waals surface area contributed by atoms with Gasteiger partial charge in [-0.3, -0.25) is 0 Å². The van der Waals surface area contributed by atoms with Gasteiger partial charge in [-0.2, -0.15) is 0 Å². The molecule has 0 radical (unpaired) electrons. The fourth-order valence-electron chi connectivity index (χ4n) is 0.570. The fraction of sp³-hybridized carbons (Fsp3) is 0.333. The number of rotatable bonds is 1. The molecule has 0 fully saturated rings. The molecule has 60 valence electrons. The molecule has 1 rings (SSSR count). The van der Waals surface area contributed by atoms with Crippen molar-refractivity contribution in [2.45, 2.75) is 0 Å². The zero-order valence-electron chi connectivity index (χ0n) is 6.27. The van der Waals surface area contributed by atoms with E-state index in [1.807, 2.05) is 0 Å². The van der Waals surface area contributed by atoms with Gasteiger partial charge in [0.1, 0.15) is 0 Å². The molecule has 0 N–H and O–H groups in total. The first-order valence-electron chi connectivity index (χ1n) is 2.96. The molecule has 1 aromatic heterocycles. The molecule has 0 unspecified atom stereocenters. The first-order chi connectivity index (χ1) is 5.24. The smallest absolute Gasteiger partial charge is 0.437 e. The maximum atomic E-state index is 10.5. The fourth-order valence-corrected chi connectivity index (χ4v) is 0.570. The summed E-state index contributed by atoms with van der Waals surface area (Å²) in [6.07, 6.45) is 2.21. The van der Waals surface area contributed by atoms with Crippen molar-refractivity contribution in [3.05, 3.63) is 12.5 Å². The molecule has 11 heavy (non-hydrogen) atoms. The molecule has 0 saturated carbocycles. The van der Waals surface area contributed by atoms with Gasteiger partial charge in [0.15, 0.2) is 0 Å². The molecule has 0 bridgehead atoms. The minimum absolute atomic E-state index is 0.358. The van der Waals surface area contributed by atoms with E-state index in [1.165, 1.54) is 19.6 Å². The maximum absolute atomic E-state index is 10.5. The van der Waals surface area contributed by atoms with E-state index in [4.69, 9.17) is 0 Å². The molecule has 0 amide bonds. The van der Waals surface area contributed by atoms with Gasteiger partial charge in [0.25, 0.3) is 0 Å². The summed E-state index contributed by atoms with van der Waals surface area (Å²) < 4.78 is 10.5. The summed E-state index contributed by atoms with van der Waals surface area (Å²) in [4.78, 5) is 14.3. The number of imidazole rings is 1. The first-order valence-corrected chi connectivity index (χ1v) is 2.96. The number of aromatic nitrogens is 2. The Kier molecular flexibility index (Phi) is 2.10. The number of ether oxygens (including phenoxy) is 2. The van der Waals surface area contributed by atoms with Crippen LogP contribution < -0.4 is 4.74 Å². The predicted molar refractivity (Wildman–Crippen MR) is 36.2 cm³/mol. The van der Waals surface area contributed by atoms with Crippen molar-refractivity contribution >= 4 is 6.16 Å². The Bertz CT molecular complexity index is 256. The molecular formula is C6H8N2O3. The third-order valence-corrected chi connectivity index (χ3v) is 1.13. The van der Waals surface area contributed by atoms with Crippen LogP contribution in [-0.2, 0) is 11.8 Å². The van der Waals surface area contributed by atoms with Gasteiger partial charge >= 0.3 is 6.16 Å². The van der Waals surface area contributed by atoms with Gasteiger partial charge in [-0.15, -0.1) is 0 Å². The number of methoxy groups -OCH3 is 1. The van der Waals surface area contributed by atoms with Crippen molar-refractivity contribution in [2.24, 2.45) is 7.05 Å². The molecule has 0 atom stereocenters. The molecule has 0 aliphatic heterocycles. The van der Waals surface area contributed by atoms with Gasteiger partial charge in [-0.1, -0.05) is 0 Å². The number of carbonyl (C=O) groups excluding carboxylic acids is 1. The largest absolute Gasteiger partial charge is 0.514 e. The summed E-state index contributed by atoms with van der Waals surface area (Å²) in [6, 6.07) is 0. The lowest BCUT2D eigenvalue weighted by molar-refractivity contribution is 0.118. The van der Waals surface area contributed by atoms with Crippen molar-refractivity contribution in [1.29, 1.82) is 0 Å². The van der Waals surface area contributed by atoms with Gasteiger partial charge in [-0.05, 0) is 0 Å². The van der Waals surface area contributed by atoms with E-state index in [9.17, 15) is 4.79 Å². The summed E-state index contributed by atoms with van der Waals surface area (Å²) in [7, 11) is 2.96. The third-order valence-electron chi connectivity index (χ3n) is 1.13. The number of nitrogens with zero attached hydrogens (tertiary/aromatic N) is 2. The molecule has 1 heterocycles. The second kappa shape index (κ2) is 3.05. The summed E-state index contributed by atoms with van der Waals surface area (Å²) in [5.74, 6) is 0.358. The highest BCUT2D eigenvalue weighted by Gasteiger charge is 2.05. The van der Waals surface area contributed by atoms with Crippen LogP contribution in [0.25, 0.3) is 0 Å². The quantitative estimate of drug-likeness (QED) is 0.557.